The van der Waals surface area contributed by atoms with E-state index in [9.17, 15) is 9.90 Å². The summed E-state index contributed by atoms with van der Waals surface area (Å²) in [5.74, 6) is 0.446. The molecule has 0 aliphatic heterocycles. The van der Waals surface area contributed by atoms with Crippen LogP contribution in [0.2, 0.25) is 0 Å². The fourth-order valence-electron chi connectivity index (χ4n) is 2.13. The van der Waals surface area contributed by atoms with Crippen molar-refractivity contribution in [3.05, 3.63) is 52.2 Å². The van der Waals surface area contributed by atoms with Crippen LogP contribution < -0.4 is 15.4 Å². The maximum Gasteiger partial charge on any atom is 0.224 e. The van der Waals surface area contributed by atoms with Crippen molar-refractivity contribution in [1.82, 2.24) is 10.6 Å². The van der Waals surface area contributed by atoms with Crippen molar-refractivity contribution < 1.29 is 14.6 Å². The summed E-state index contributed by atoms with van der Waals surface area (Å²) >= 11 is 1.57. The van der Waals surface area contributed by atoms with Crippen LogP contribution in [-0.2, 0) is 11.2 Å². The lowest BCUT2D eigenvalue weighted by Crippen LogP contribution is -2.37. The van der Waals surface area contributed by atoms with E-state index in [2.05, 4.69) is 10.6 Å². The molecule has 6 nitrogen and oxygen atoms in total. The van der Waals surface area contributed by atoms with Crippen molar-refractivity contribution >= 4 is 17.2 Å². The first-order chi connectivity index (χ1) is 12.2. The Labute approximate surface area is 151 Å². The van der Waals surface area contributed by atoms with Crippen LogP contribution in [0.4, 0.5) is 0 Å². The monoisotopic (exact) mass is 359 g/mol. The number of rotatable bonds is 10. The first-order valence-electron chi connectivity index (χ1n) is 7.97. The minimum absolute atomic E-state index is 0.0165. The number of aliphatic hydroxyl groups excluding tert-OH is 1. The molecule has 0 saturated heterocycles. The van der Waals surface area contributed by atoms with E-state index in [1.54, 1.807) is 35.6 Å². The number of hydrogen-bond donors (Lipinski definition) is 3. The molecule has 2 aromatic rings. The lowest BCUT2D eigenvalue weighted by molar-refractivity contribution is -0.120. The van der Waals surface area contributed by atoms with Gasteiger partial charge in [-0.2, -0.15) is 16.6 Å². The minimum atomic E-state index is -0.701. The maximum absolute atomic E-state index is 11.7. The van der Waals surface area contributed by atoms with Crippen molar-refractivity contribution in [2.75, 3.05) is 26.2 Å². The second kappa shape index (κ2) is 10.5. The summed E-state index contributed by atoms with van der Waals surface area (Å²) in [6.45, 7) is 1.49. The number of nitriles is 1. The Hall–Kier alpha value is -2.40. The summed E-state index contributed by atoms with van der Waals surface area (Å²) in [5, 5.41) is 28.7. The van der Waals surface area contributed by atoms with E-state index in [-0.39, 0.29) is 12.5 Å². The molecule has 0 aliphatic carbocycles. The van der Waals surface area contributed by atoms with E-state index in [4.69, 9.17) is 10.00 Å². The van der Waals surface area contributed by atoms with Crippen LogP contribution in [0.15, 0.2) is 41.1 Å². The summed E-state index contributed by atoms with van der Waals surface area (Å²) in [5.41, 5.74) is 1.46. The van der Waals surface area contributed by atoms with Crippen LogP contribution in [0.3, 0.4) is 0 Å². The van der Waals surface area contributed by atoms with Crippen molar-refractivity contribution in [2.45, 2.75) is 12.5 Å². The minimum Gasteiger partial charge on any atom is -0.489 e. The molecule has 25 heavy (non-hydrogen) atoms. The predicted octanol–water partition coefficient (Wildman–Crippen LogP) is 1.31. The molecule has 1 atom stereocenters. The normalized spacial score (nSPS) is 11.5. The lowest BCUT2D eigenvalue weighted by Gasteiger charge is -2.14. The van der Waals surface area contributed by atoms with Gasteiger partial charge in [-0.3, -0.25) is 4.79 Å². The molecular formula is C18H21N3O3S. The Morgan fingerprint density at radius 1 is 1.32 bits per heavy atom. The molecule has 1 unspecified atom stereocenters. The number of para-hydroxylation sites is 1. The molecule has 1 amide bonds. The van der Waals surface area contributed by atoms with Crippen LogP contribution in [0.1, 0.15) is 11.1 Å². The van der Waals surface area contributed by atoms with Gasteiger partial charge >= 0.3 is 0 Å². The number of thiophene rings is 1. The molecule has 132 valence electrons. The Kier molecular flexibility index (Phi) is 7.92. The van der Waals surface area contributed by atoms with Gasteiger partial charge in [-0.25, -0.2) is 0 Å². The molecular weight excluding hydrogens is 338 g/mol. The van der Waals surface area contributed by atoms with Crippen LogP contribution in [0, 0.1) is 11.3 Å². The highest BCUT2D eigenvalue weighted by Crippen LogP contribution is 2.16. The van der Waals surface area contributed by atoms with Gasteiger partial charge in [0.1, 0.15) is 24.5 Å². The van der Waals surface area contributed by atoms with Crippen molar-refractivity contribution in [2.24, 2.45) is 0 Å². The van der Waals surface area contributed by atoms with Gasteiger partial charge in [0.25, 0.3) is 0 Å². The fraction of sp³-hybridized carbons (Fsp3) is 0.333. The zero-order valence-electron chi connectivity index (χ0n) is 13.8. The predicted molar refractivity (Wildman–Crippen MR) is 96.6 cm³/mol. The first kappa shape index (κ1) is 18.9. The van der Waals surface area contributed by atoms with E-state index in [1.165, 1.54) is 0 Å². The standard InChI is InChI=1S/C18H21N3O3S/c19-10-15-3-1-2-4-17(15)24-12-16(22)11-20-6-7-21-18(23)9-14-5-8-25-13-14/h1-5,8,13,16,20,22H,6-7,9,11-12H2,(H,21,23). The summed E-state index contributed by atoms with van der Waals surface area (Å²) in [7, 11) is 0. The third-order valence-electron chi connectivity index (χ3n) is 3.39. The van der Waals surface area contributed by atoms with E-state index in [1.807, 2.05) is 22.9 Å². The molecule has 0 saturated carbocycles. The van der Waals surface area contributed by atoms with Crippen molar-refractivity contribution in [3.63, 3.8) is 0 Å². The quantitative estimate of drug-likeness (QED) is 0.556. The zero-order valence-corrected chi connectivity index (χ0v) is 14.6. The maximum atomic E-state index is 11.7. The zero-order chi connectivity index (χ0) is 17.9. The average molecular weight is 359 g/mol. The summed E-state index contributed by atoms with van der Waals surface area (Å²) in [6, 6.07) is 10.9. The molecule has 0 spiro atoms. The summed E-state index contributed by atoms with van der Waals surface area (Å²) in [6.07, 6.45) is -0.314. The van der Waals surface area contributed by atoms with E-state index < -0.39 is 6.10 Å². The van der Waals surface area contributed by atoms with Crippen LogP contribution >= 0.6 is 11.3 Å². The second-order valence-corrected chi connectivity index (χ2v) is 6.22. The first-order valence-corrected chi connectivity index (χ1v) is 8.92. The molecule has 0 radical (unpaired) electrons. The van der Waals surface area contributed by atoms with Gasteiger partial charge in [0.05, 0.1) is 12.0 Å². The second-order valence-electron chi connectivity index (χ2n) is 5.44. The Bertz CT molecular complexity index is 698. The number of nitrogens with one attached hydrogen (secondary N) is 2. The van der Waals surface area contributed by atoms with Gasteiger partial charge in [-0.1, -0.05) is 12.1 Å². The van der Waals surface area contributed by atoms with Crippen molar-refractivity contribution in [1.29, 1.82) is 5.26 Å². The van der Waals surface area contributed by atoms with Gasteiger partial charge in [0, 0.05) is 19.6 Å². The number of carbonyl (C=O) groups is 1. The number of benzene rings is 1. The van der Waals surface area contributed by atoms with Gasteiger partial charge in [0.15, 0.2) is 0 Å². The molecule has 0 aliphatic rings. The molecule has 7 heteroatoms. The van der Waals surface area contributed by atoms with Crippen molar-refractivity contribution in [3.8, 4) is 11.8 Å². The largest absolute Gasteiger partial charge is 0.489 e. The Morgan fingerprint density at radius 2 is 2.16 bits per heavy atom. The van der Waals surface area contributed by atoms with Gasteiger partial charge in [-0.15, -0.1) is 0 Å². The summed E-state index contributed by atoms with van der Waals surface area (Å²) < 4.78 is 5.46. The van der Waals surface area contributed by atoms with E-state index >= 15 is 0 Å². The number of amides is 1. The topological polar surface area (TPSA) is 94.4 Å². The average Bonchev–Trinajstić information content (AvgIpc) is 3.12. The molecule has 0 fully saturated rings. The highest BCUT2D eigenvalue weighted by molar-refractivity contribution is 7.07. The number of hydrogen-bond acceptors (Lipinski definition) is 6. The highest BCUT2D eigenvalue weighted by atomic mass is 32.1. The molecule has 1 aromatic heterocycles. The van der Waals surface area contributed by atoms with Gasteiger partial charge in [0.2, 0.25) is 5.91 Å². The van der Waals surface area contributed by atoms with Crippen LogP contribution in [0.5, 0.6) is 5.75 Å². The summed E-state index contributed by atoms with van der Waals surface area (Å²) in [4.78, 5) is 11.7. The SMILES string of the molecule is N#Cc1ccccc1OCC(O)CNCCNC(=O)Cc1ccsc1. The molecule has 0 bridgehead atoms. The Morgan fingerprint density at radius 3 is 2.92 bits per heavy atom. The smallest absolute Gasteiger partial charge is 0.224 e. The Balaban J connectivity index is 1.55. The molecule has 2 rings (SSSR count). The van der Waals surface area contributed by atoms with Gasteiger partial charge in [-0.05, 0) is 34.5 Å². The van der Waals surface area contributed by atoms with E-state index in [0.717, 1.165) is 5.56 Å². The van der Waals surface area contributed by atoms with Crippen LogP contribution in [0.25, 0.3) is 0 Å². The number of carbonyl (C=O) groups excluding carboxylic acids is 1. The number of nitrogens with zero attached hydrogens (tertiary/aromatic N) is 1. The van der Waals surface area contributed by atoms with Crippen LogP contribution in [-0.4, -0.2) is 43.4 Å². The number of aliphatic hydroxyl groups is 1. The molecule has 1 aromatic carbocycles. The van der Waals surface area contributed by atoms with Gasteiger partial charge < -0.3 is 20.5 Å². The fourth-order valence-corrected chi connectivity index (χ4v) is 2.80. The van der Waals surface area contributed by atoms with E-state index in [0.29, 0.717) is 37.4 Å². The molecule has 3 N–H and O–H groups in total. The third-order valence-corrected chi connectivity index (χ3v) is 4.12. The molecule has 1 heterocycles. The number of ether oxygens (including phenoxy) is 1. The lowest BCUT2D eigenvalue weighted by atomic mass is 10.2. The highest BCUT2D eigenvalue weighted by Gasteiger charge is 2.08. The third kappa shape index (κ3) is 6.93.